The van der Waals surface area contributed by atoms with Gasteiger partial charge >= 0.3 is 0 Å². The summed E-state index contributed by atoms with van der Waals surface area (Å²) in [6.45, 7) is 4.60. The number of nitrogens with one attached hydrogen (secondary N) is 1. The van der Waals surface area contributed by atoms with Gasteiger partial charge < -0.3 is 10.1 Å². The number of piperidine rings is 1. The minimum absolute atomic E-state index is 0.178. The molecule has 1 aromatic carbocycles. The second-order valence-electron chi connectivity index (χ2n) is 7.35. The molecule has 1 aromatic heterocycles. The Morgan fingerprint density at radius 2 is 2.04 bits per heavy atom. The number of hydrogen-bond acceptors (Lipinski definition) is 5. The number of nitrogens with zero attached hydrogens (tertiary/aromatic N) is 3. The molecule has 2 saturated heterocycles. The van der Waals surface area contributed by atoms with Crippen molar-refractivity contribution in [2.45, 2.75) is 31.9 Å². The molecular formula is C20H25FN4O. The maximum atomic E-state index is 13.1. The predicted octanol–water partition coefficient (Wildman–Crippen LogP) is 3.10. The van der Waals surface area contributed by atoms with E-state index in [1.165, 1.54) is 0 Å². The first-order valence-electron chi connectivity index (χ1n) is 9.33. The lowest BCUT2D eigenvalue weighted by molar-refractivity contribution is -0.0228. The smallest absolute Gasteiger partial charge is 0.222 e. The largest absolute Gasteiger partial charge is 0.378 e. The number of likely N-dealkylation sites (tertiary alicyclic amines) is 1. The van der Waals surface area contributed by atoms with Gasteiger partial charge in [0.25, 0.3) is 0 Å². The summed E-state index contributed by atoms with van der Waals surface area (Å²) in [4.78, 5) is 10.9. The van der Waals surface area contributed by atoms with Crippen LogP contribution in [0.1, 0.15) is 24.8 Å². The highest BCUT2D eigenvalue weighted by Crippen LogP contribution is 2.43. The van der Waals surface area contributed by atoms with Crippen molar-refractivity contribution < 1.29 is 9.13 Å². The average molecular weight is 356 g/mol. The standard InChI is InChI=1S/C20H25FN4O/c21-17-4-2-16(3-5-17)14-25-12-6-18-20(15-25,8-13-26-18)7-11-24-19-22-9-1-10-23-19/h1-5,9-10,18H,6-8,11-15H2,(H,22,23,24)/t18-,20+/m1/s1. The van der Waals surface area contributed by atoms with Crippen LogP contribution in [0.15, 0.2) is 42.7 Å². The highest BCUT2D eigenvalue weighted by Gasteiger charge is 2.47. The van der Waals surface area contributed by atoms with E-state index < -0.39 is 0 Å². The van der Waals surface area contributed by atoms with Crippen LogP contribution < -0.4 is 5.32 Å². The monoisotopic (exact) mass is 356 g/mol. The predicted molar refractivity (Wildman–Crippen MR) is 98.2 cm³/mol. The second kappa shape index (κ2) is 7.68. The number of fused-ring (bicyclic) bond motifs is 1. The van der Waals surface area contributed by atoms with E-state index in [4.69, 9.17) is 4.74 Å². The first kappa shape index (κ1) is 17.4. The van der Waals surface area contributed by atoms with E-state index in [-0.39, 0.29) is 11.2 Å². The molecular weight excluding hydrogens is 331 g/mol. The van der Waals surface area contributed by atoms with E-state index in [9.17, 15) is 4.39 Å². The van der Waals surface area contributed by atoms with Gasteiger partial charge in [0, 0.05) is 50.6 Å². The second-order valence-corrected chi connectivity index (χ2v) is 7.35. The molecule has 5 nitrogen and oxygen atoms in total. The lowest BCUT2D eigenvalue weighted by Gasteiger charge is -2.44. The molecule has 2 atom stereocenters. The zero-order chi connectivity index (χ0) is 17.8. The normalized spacial score (nSPS) is 25.8. The molecule has 3 heterocycles. The molecule has 138 valence electrons. The van der Waals surface area contributed by atoms with Gasteiger partial charge in [-0.1, -0.05) is 12.1 Å². The number of ether oxygens (including phenoxy) is 1. The van der Waals surface area contributed by atoms with Crippen molar-refractivity contribution >= 4 is 5.95 Å². The Bertz CT molecular complexity index is 712. The van der Waals surface area contributed by atoms with Gasteiger partial charge in [-0.3, -0.25) is 4.90 Å². The van der Waals surface area contributed by atoms with E-state index in [1.54, 1.807) is 24.5 Å². The van der Waals surface area contributed by atoms with Crippen molar-refractivity contribution in [1.82, 2.24) is 14.9 Å². The fourth-order valence-corrected chi connectivity index (χ4v) is 4.30. The summed E-state index contributed by atoms with van der Waals surface area (Å²) in [6, 6.07) is 8.67. The van der Waals surface area contributed by atoms with Gasteiger partial charge in [-0.2, -0.15) is 0 Å². The molecule has 2 fully saturated rings. The van der Waals surface area contributed by atoms with E-state index >= 15 is 0 Å². The number of hydrogen-bond donors (Lipinski definition) is 1. The molecule has 0 amide bonds. The molecule has 2 aromatic rings. The van der Waals surface area contributed by atoms with E-state index in [0.717, 1.165) is 57.6 Å². The van der Waals surface area contributed by atoms with Gasteiger partial charge in [-0.05, 0) is 43.0 Å². The van der Waals surface area contributed by atoms with Crippen molar-refractivity contribution in [2.75, 3.05) is 31.6 Å². The Morgan fingerprint density at radius 3 is 2.85 bits per heavy atom. The molecule has 0 unspecified atom stereocenters. The minimum Gasteiger partial charge on any atom is -0.378 e. The molecule has 0 saturated carbocycles. The van der Waals surface area contributed by atoms with Crippen molar-refractivity contribution in [3.05, 3.63) is 54.1 Å². The van der Waals surface area contributed by atoms with Crippen LogP contribution in [0.4, 0.5) is 10.3 Å². The van der Waals surface area contributed by atoms with Crippen molar-refractivity contribution in [3.8, 4) is 0 Å². The summed E-state index contributed by atoms with van der Waals surface area (Å²) in [5.74, 6) is 0.501. The summed E-state index contributed by atoms with van der Waals surface area (Å²) < 4.78 is 19.2. The Morgan fingerprint density at radius 1 is 1.23 bits per heavy atom. The summed E-state index contributed by atoms with van der Waals surface area (Å²) in [5.41, 5.74) is 1.34. The molecule has 0 aliphatic carbocycles. The van der Waals surface area contributed by atoms with Gasteiger partial charge in [-0.25, -0.2) is 14.4 Å². The van der Waals surface area contributed by atoms with Crippen LogP contribution in [-0.4, -0.2) is 47.2 Å². The van der Waals surface area contributed by atoms with E-state index in [1.807, 2.05) is 18.2 Å². The summed E-state index contributed by atoms with van der Waals surface area (Å²) in [6.07, 6.45) is 7.03. The molecule has 6 heteroatoms. The number of halogens is 1. The number of anilines is 1. The lowest BCUT2D eigenvalue weighted by atomic mass is 9.74. The van der Waals surface area contributed by atoms with Gasteiger partial charge in [-0.15, -0.1) is 0 Å². The zero-order valence-corrected chi connectivity index (χ0v) is 14.9. The highest BCUT2D eigenvalue weighted by atomic mass is 19.1. The Balaban J connectivity index is 1.38. The topological polar surface area (TPSA) is 50.3 Å². The Labute approximate surface area is 153 Å². The lowest BCUT2D eigenvalue weighted by Crippen LogP contribution is -2.49. The first-order valence-corrected chi connectivity index (χ1v) is 9.33. The minimum atomic E-state index is -0.178. The molecule has 0 spiro atoms. The van der Waals surface area contributed by atoms with Gasteiger partial charge in [0.15, 0.2) is 0 Å². The number of rotatable bonds is 6. The summed E-state index contributed by atoms with van der Waals surface area (Å²) >= 11 is 0. The molecule has 0 radical (unpaired) electrons. The molecule has 2 aliphatic heterocycles. The molecule has 4 rings (SSSR count). The molecule has 2 aliphatic rings. The third-order valence-corrected chi connectivity index (χ3v) is 5.64. The van der Waals surface area contributed by atoms with Crippen LogP contribution in [0.3, 0.4) is 0 Å². The van der Waals surface area contributed by atoms with Crippen LogP contribution in [0.2, 0.25) is 0 Å². The van der Waals surface area contributed by atoms with E-state index in [2.05, 4.69) is 20.2 Å². The molecule has 0 bridgehead atoms. The van der Waals surface area contributed by atoms with E-state index in [0.29, 0.717) is 12.1 Å². The Kier molecular flexibility index (Phi) is 5.13. The SMILES string of the molecule is Fc1ccc(CN2CC[C@H]3OCC[C@@]3(CCNc3ncccn3)C2)cc1. The first-order chi connectivity index (χ1) is 12.7. The molecule has 1 N–H and O–H groups in total. The quantitative estimate of drug-likeness (QED) is 0.862. The van der Waals surface area contributed by atoms with Crippen LogP contribution >= 0.6 is 0 Å². The summed E-state index contributed by atoms with van der Waals surface area (Å²) in [7, 11) is 0. The highest BCUT2D eigenvalue weighted by molar-refractivity contribution is 5.22. The van der Waals surface area contributed by atoms with Gasteiger partial charge in [0.1, 0.15) is 5.82 Å². The maximum absolute atomic E-state index is 13.1. The van der Waals surface area contributed by atoms with Crippen LogP contribution in [0.25, 0.3) is 0 Å². The molecule has 26 heavy (non-hydrogen) atoms. The average Bonchev–Trinajstić information content (AvgIpc) is 3.08. The maximum Gasteiger partial charge on any atom is 0.222 e. The van der Waals surface area contributed by atoms with Crippen molar-refractivity contribution in [1.29, 1.82) is 0 Å². The van der Waals surface area contributed by atoms with Crippen LogP contribution in [0.5, 0.6) is 0 Å². The van der Waals surface area contributed by atoms with Crippen LogP contribution in [-0.2, 0) is 11.3 Å². The third kappa shape index (κ3) is 3.86. The van der Waals surface area contributed by atoms with Gasteiger partial charge in [0.05, 0.1) is 6.10 Å². The van der Waals surface area contributed by atoms with Gasteiger partial charge in [0.2, 0.25) is 5.95 Å². The number of benzene rings is 1. The Hall–Kier alpha value is -2.05. The van der Waals surface area contributed by atoms with Crippen molar-refractivity contribution in [3.63, 3.8) is 0 Å². The fraction of sp³-hybridized carbons (Fsp3) is 0.500. The summed E-state index contributed by atoms with van der Waals surface area (Å²) in [5, 5.41) is 3.33. The van der Waals surface area contributed by atoms with Crippen molar-refractivity contribution in [2.24, 2.45) is 5.41 Å². The zero-order valence-electron chi connectivity index (χ0n) is 14.9. The number of aromatic nitrogens is 2. The third-order valence-electron chi connectivity index (χ3n) is 5.64. The fourth-order valence-electron chi connectivity index (χ4n) is 4.30. The van der Waals surface area contributed by atoms with Crippen LogP contribution in [0, 0.1) is 11.2 Å².